The summed E-state index contributed by atoms with van der Waals surface area (Å²) in [6.45, 7) is 1.89. The molecule has 1 atom stereocenters. The Balaban J connectivity index is 2.00. The lowest BCUT2D eigenvalue weighted by Gasteiger charge is -2.12. The minimum absolute atomic E-state index is 0.0814. The summed E-state index contributed by atoms with van der Waals surface area (Å²) in [6, 6.07) is 5.30. The van der Waals surface area contributed by atoms with Gasteiger partial charge in [-0.25, -0.2) is 4.79 Å². The van der Waals surface area contributed by atoms with Crippen molar-refractivity contribution in [3.8, 4) is 0 Å². The second-order valence-electron chi connectivity index (χ2n) is 4.53. The molecule has 0 radical (unpaired) electrons. The maximum atomic E-state index is 12.2. The second kappa shape index (κ2) is 6.90. The van der Waals surface area contributed by atoms with E-state index in [4.69, 9.17) is 9.52 Å². The molecule has 21 heavy (non-hydrogen) atoms. The molecule has 110 valence electrons. The fraction of sp³-hybridized carbons (Fsp3) is 0.200. The number of thiophene rings is 1. The average Bonchev–Trinajstić information content (AvgIpc) is 3.06. The molecule has 2 rings (SSSR count). The Bertz CT molecular complexity index is 642. The summed E-state index contributed by atoms with van der Waals surface area (Å²) in [5.74, 6) is -0.451. The molecule has 1 unspecified atom stereocenters. The van der Waals surface area contributed by atoms with Crippen molar-refractivity contribution in [3.05, 3.63) is 52.1 Å². The van der Waals surface area contributed by atoms with Crippen molar-refractivity contribution >= 4 is 29.3 Å². The number of hydrogen-bond acceptors (Lipinski definition) is 4. The highest BCUT2D eigenvalue weighted by Gasteiger charge is 2.15. The number of carboxylic acids is 1. The molecule has 0 saturated carbocycles. The van der Waals surface area contributed by atoms with Crippen molar-refractivity contribution in [1.29, 1.82) is 0 Å². The third kappa shape index (κ3) is 4.32. The van der Waals surface area contributed by atoms with Gasteiger partial charge in [0.25, 0.3) is 5.91 Å². The van der Waals surface area contributed by atoms with Crippen molar-refractivity contribution in [3.63, 3.8) is 0 Å². The number of furan rings is 1. The lowest BCUT2D eigenvalue weighted by molar-refractivity contribution is -0.131. The standard InChI is InChI=1S/C15H15NO4S/c1-10(9-12-3-2-7-20-12)16-15(19)14-11(6-8-21-14)4-5-13(17)18/h2-8,10H,9H2,1H3,(H,16,19)(H,17,18). The van der Waals surface area contributed by atoms with Crippen molar-refractivity contribution < 1.29 is 19.1 Å². The van der Waals surface area contributed by atoms with Crippen molar-refractivity contribution in [1.82, 2.24) is 5.32 Å². The molecule has 0 aliphatic heterocycles. The summed E-state index contributed by atoms with van der Waals surface area (Å²) in [4.78, 5) is 23.2. The van der Waals surface area contributed by atoms with Crippen LogP contribution in [-0.4, -0.2) is 23.0 Å². The second-order valence-corrected chi connectivity index (χ2v) is 5.45. The van der Waals surface area contributed by atoms with Gasteiger partial charge < -0.3 is 14.8 Å². The average molecular weight is 305 g/mol. The molecule has 1 amide bonds. The Morgan fingerprint density at radius 3 is 2.95 bits per heavy atom. The number of carbonyl (C=O) groups excluding carboxylic acids is 1. The number of aliphatic carboxylic acids is 1. The summed E-state index contributed by atoms with van der Waals surface area (Å²) in [7, 11) is 0. The van der Waals surface area contributed by atoms with Crippen LogP contribution < -0.4 is 5.32 Å². The number of carboxylic acid groups (broad SMARTS) is 1. The first kappa shape index (κ1) is 15.1. The minimum Gasteiger partial charge on any atom is -0.478 e. The molecule has 0 spiro atoms. The van der Waals surface area contributed by atoms with E-state index in [1.807, 2.05) is 13.0 Å². The van der Waals surface area contributed by atoms with E-state index in [-0.39, 0.29) is 11.9 Å². The molecular formula is C15H15NO4S. The maximum absolute atomic E-state index is 12.2. The van der Waals surface area contributed by atoms with Crippen LogP contribution in [0.4, 0.5) is 0 Å². The van der Waals surface area contributed by atoms with Crippen molar-refractivity contribution in [2.75, 3.05) is 0 Å². The van der Waals surface area contributed by atoms with Gasteiger partial charge in [-0.2, -0.15) is 0 Å². The number of nitrogens with one attached hydrogen (secondary N) is 1. The summed E-state index contributed by atoms with van der Waals surface area (Å²) in [5.41, 5.74) is 0.602. The maximum Gasteiger partial charge on any atom is 0.328 e. The third-order valence-corrected chi connectivity index (χ3v) is 3.70. The topological polar surface area (TPSA) is 79.5 Å². The lowest BCUT2D eigenvalue weighted by Crippen LogP contribution is -2.33. The minimum atomic E-state index is -1.04. The van der Waals surface area contributed by atoms with Gasteiger partial charge in [0.05, 0.1) is 11.1 Å². The molecule has 0 fully saturated rings. The number of hydrogen-bond donors (Lipinski definition) is 2. The molecule has 2 aromatic heterocycles. The fourth-order valence-electron chi connectivity index (χ4n) is 1.87. The summed E-state index contributed by atoms with van der Waals surface area (Å²) < 4.78 is 5.24. The Morgan fingerprint density at radius 1 is 1.48 bits per heavy atom. The van der Waals surface area contributed by atoms with Crippen LogP contribution in [-0.2, 0) is 11.2 Å². The van der Waals surface area contributed by atoms with Gasteiger partial charge in [-0.3, -0.25) is 4.79 Å². The van der Waals surface area contributed by atoms with Gasteiger partial charge in [0.1, 0.15) is 5.76 Å². The quantitative estimate of drug-likeness (QED) is 0.804. The monoisotopic (exact) mass is 305 g/mol. The first-order valence-corrected chi connectivity index (χ1v) is 7.26. The Kier molecular flexibility index (Phi) is 4.94. The molecule has 0 aliphatic rings. The Morgan fingerprint density at radius 2 is 2.29 bits per heavy atom. The summed E-state index contributed by atoms with van der Waals surface area (Å²) in [6.07, 6.45) is 4.64. The molecular weight excluding hydrogens is 290 g/mol. The van der Waals surface area contributed by atoms with Crippen LogP contribution >= 0.6 is 11.3 Å². The molecule has 5 nitrogen and oxygen atoms in total. The predicted molar refractivity (Wildman–Crippen MR) is 80.3 cm³/mol. The summed E-state index contributed by atoms with van der Waals surface area (Å²) >= 11 is 1.28. The molecule has 2 aromatic rings. The van der Waals surface area contributed by atoms with E-state index in [1.54, 1.807) is 23.8 Å². The van der Waals surface area contributed by atoms with Gasteiger partial charge in [0.15, 0.2) is 0 Å². The number of carbonyl (C=O) groups is 2. The van der Waals surface area contributed by atoms with Gasteiger partial charge in [0, 0.05) is 18.5 Å². The zero-order valence-corrected chi connectivity index (χ0v) is 12.2. The van der Waals surface area contributed by atoms with E-state index in [9.17, 15) is 9.59 Å². The van der Waals surface area contributed by atoms with Gasteiger partial charge in [-0.05, 0) is 42.1 Å². The fourth-order valence-corrected chi connectivity index (χ4v) is 2.66. The van der Waals surface area contributed by atoms with Crippen LogP contribution in [0.1, 0.15) is 27.9 Å². The zero-order chi connectivity index (χ0) is 15.2. The van der Waals surface area contributed by atoms with Crippen molar-refractivity contribution in [2.24, 2.45) is 0 Å². The van der Waals surface area contributed by atoms with Gasteiger partial charge in [0.2, 0.25) is 0 Å². The van der Waals surface area contributed by atoms with Crippen LogP contribution in [0.15, 0.2) is 40.3 Å². The molecule has 6 heteroatoms. The third-order valence-electron chi connectivity index (χ3n) is 2.77. The van der Waals surface area contributed by atoms with E-state index >= 15 is 0 Å². The smallest absolute Gasteiger partial charge is 0.328 e. The number of rotatable bonds is 6. The Labute approximate surface area is 125 Å². The number of amides is 1. The van der Waals surface area contributed by atoms with Crippen LogP contribution in [0.25, 0.3) is 6.08 Å². The van der Waals surface area contributed by atoms with E-state index in [1.165, 1.54) is 17.4 Å². The lowest BCUT2D eigenvalue weighted by atomic mass is 10.2. The van der Waals surface area contributed by atoms with E-state index in [0.717, 1.165) is 11.8 Å². The van der Waals surface area contributed by atoms with Crippen LogP contribution in [0.2, 0.25) is 0 Å². The first-order chi connectivity index (χ1) is 10.1. The molecule has 0 aromatic carbocycles. The van der Waals surface area contributed by atoms with Gasteiger partial charge >= 0.3 is 5.97 Å². The SMILES string of the molecule is CC(Cc1ccco1)NC(=O)c1sccc1C=CC(=O)O. The molecule has 2 heterocycles. The van der Waals surface area contributed by atoms with E-state index in [2.05, 4.69) is 5.32 Å². The summed E-state index contributed by atoms with van der Waals surface area (Å²) in [5, 5.41) is 13.3. The first-order valence-electron chi connectivity index (χ1n) is 6.38. The largest absolute Gasteiger partial charge is 0.478 e. The zero-order valence-electron chi connectivity index (χ0n) is 11.4. The highest BCUT2D eigenvalue weighted by molar-refractivity contribution is 7.12. The van der Waals surface area contributed by atoms with Gasteiger partial charge in [-0.1, -0.05) is 0 Å². The van der Waals surface area contributed by atoms with Crippen LogP contribution in [0.5, 0.6) is 0 Å². The van der Waals surface area contributed by atoms with Gasteiger partial charge in [-0.15, -0.1) is 11.3 Å². The molecule has 0 aliphatic carbocycles. The van der Waals surface area contributed by atoms with E-state index in [0.29, 0.717) is 16.9 Å². The molecule has 0 bridgehead atoms. The van der Waals surface area contributed by atoms with Crippen LogP contribution in [0.3, 0.4) is 0 Å². The predicted octanol–water partition coefficient (Wildman–Crippen LogP) is 2.80. The van der Waals surface area contributed by atoms with Crippen molar-refractivity contribution in [2.45, 2.75) is 19.4 Å². The Hall–Kier alpha value is -2.34. The van der Waals surface area contributed by atoms with E-state index < -0.39 is 5.97 Å². The molecule has 0 saturated heterocycles. The van der Waals surface area contributed by atoms with Crippen LogP contribution in [0, 0.1) is 0 Å². The normalized spacial score (nSPS) is 12.4. The highest BCUT2D eigenvalue weighted by Crippen LogP contribution is 2.18. The molecule has 2 N–H and O–H groups in total. The highest BCUT2D eigenvalue weighted by atomic mass is 32.1.